The van der Waals surface area contributed by atoms with Gasteiger partial charge < -0.3 is 9.64 Å². The van der Waals surface area contributed by atoms with Gasteiger partial charge >= 0.3 is 6.09 Å². The molecule has 4 nitrogen and oxygen atoms in total. The Bertz CT molecular complexity index is 591. The van der Waals surface area contributed by atoms with Gasteiger partial charge in [0, 0.05) is 29.9 Å². The molecule has 0 atom stereocenters. The SMILES string of the molecule is CC(C)(C)OC(=O)N1CCC(CC#N)(c2ccc(Cl)cc2)CC1. The number of hydrogen-bond acceptors (Lipinski definition) is 3. The fraction of sp³-hybridized carbons (Fsp3) is 0.556. The number of piperidine rings is 1. The third-order valence-corrected chi connectivity index (χ3v) is 4.50. The molecule has 23 heavy (non-hydrogen) atoms. The van der Waals surface area contributed by atoms with Gasteiger partial charge in [0.15, 0.2) is 0 Å². The fourth-order valence-electron chi connectivity index (χ4n) is 2.97. The molecule has 0 unspecified atom stereocenters. The molecule has 1 fully saturated rings. The summed E-state index contributed by atoms with van der Waals surface area (Å²) in [5, 5.41) is 9.93. The molecule has 124 valence electrons. The summed E-state index contributed by atoms with van der Waals surface area (Å²) in [7, 11) is 0. The van der Waals surface area contributed by atoms with Crippen LogP contribution in [0.4, 0.5) is 4.79 Å². The molecule has 0 N–H and O–H groups in total. The molecule has 1 saturated heterocycles. The lowest BCUT2D eigenvalue weighted by atomic mass is 9.71. The number of benzene rings is 1. The number of likely N-dealkylation sites (tertiary alicyclic amines) is 1. The molecular formula is C18H23ClN2O2. The van der Waals surface area contributed by atoms with E-state index in [1.807, 2.05) is 45.0 Å². The minimum Gasteiger partial charge on any atom is -0.444 e. The molecule has 0 aliphatic carbocycles. The second-order valence-electron chi connectivity index (χ2n) is 7.09. The normalized spacial score (nSPS) is 17.4. The van der Waals surface area contributed by atoms with Crippen LogP contribution in [0.1, 0.15) is 45.6 Å². The quantitative estimate of drug-likeness (QED) is 0.798. The summed E-state index contributed by atoms with van der Waals surface area (Å²) in [6.45, 7) is 6.78. The van der Waals surface area contributed by atoms with Crippen molar-refractivity contribution in [1.82, 2.24) is 4.90 Å². The van der Waals surface area contributed by atoms with Crippen molar-refractivity contribution in [2.75, 3.05) is 13.1 Å². The van der Waals surface area contributed by atoms with Crippen LogP contribution in [0, 0.1) is 11.3 Å². The van der Waals surface area contributed by atoms with E-state index < -0.39 is 5.60 Å². The lowest BCUT2D eigenvalue weighted by Gasteiger charge is -2.41. The van der Waals surface area contributed by atoms with Gasteiger partial charge in [0.25, 0.3) is 0 Å². The number of amides is 1. The van der Waals surface area contributed by atoms with Gasteiger partial charge in [-0.25, -0.2) is 4.79 Å². The van der Waals surface area contributed by atoms with Crippen LogP contribution in [0.25, 0.3) is 0 Å². The van der Waals surface area contributed by atoms with Crippen LogP contribution >= 0.6 is 11.6 Å². The smallest absolute Gasteiger partial charge is 0.410 e. The Balaban J connectivity index is 2.11. The predicted molar refractivity (Wildman–Crippen MR) is 90.4 cm³/mol. The van der Waals surface area contributed by atoms with Gasteiger partial charge in [-0.2, -0.15) is 5.26 Å². The summed E-state index contributed by atoms with van der Waals surface area (Å²) in [5.74, 6) is 0. The lowest BCUT2D eigenvalue weighted by molar-refractivity contribution is 0.0165. The van der Waals surface area contributed by atoms with Crippen molar-refractivity contribution >= 4 is 17.7 Å². The first-order valence-corrected chi connectivity index (χ1v) is 8.24. The number of rotatable bonds is 2. The Hall–Kier alpha value is -1.73. The summed E-state index contributed by atoms with van der Waals surface area (Å²) >= 11 is 5.96. The van der Waals surface area contributed by atoms with E-state index in [0.717, 1.165) is 18.4 Å². The summed E-state index contributed by atoms with van der Waals surface area (Å²) in [5.41, 5.74) is 0.416. The first-order valence-electron chi connectivity index (χ1n) is 7.87. The van der Waals surface area contributed by atoms with Crippen molar-refractivity contribution in [2.24, 2.45) is 0 Å². The van der Waals surface area contributed by atoms with Crippen LogP contribution in [0.2, 0.25) is 5.02 Å². The van der Waals surface area contributed by atoms with E-state index in [-0.39, 0.29) is 11.5 Å². The van der Waals surface area contributed by atoms with Crippen molar-refractivity contribution in [1.29, 1.82) is 5.26 Å². The molecule has 0 bridgehead atoms. The maximum Gasteiger partial charge on any atom is 0.410 e. The van der Waals surface area contributed by atoms with Crippen molar-refractivity contribution in [3.8, 4) is 6.07 Å². The van der Waals surface area contributed by atoms with Crippen LogP contribution in [0.3, 0.4) is 0 Å². The second-order valence-corrected chi connectivity index (χ2v) is 7.53. The molecule has 1 aliphatic heterocycles. The zero-order valence-corrected chi connectivity index (χ0v) is 14.7. The van der Waals surface area contributed by atoms with Crippen LogP contribution in [-0.4, -0.2) is 29.7 Å². The Morgan fingerprint density at radius 3 is 2.35 bits per heavy atom. The molecule has 1 amide bonds. The number of halogens is 1. The molecule has 0 spiro atoms. The Morgan fingerprint density at radius 1 is 1.30 bits per heavy atom. The predicted octanol–water partition coefficient (Wildman–Crippen LogP) is 4.52. The highest BCUT2D eigenvalue weighted by atomic mass is 35.5. The Labute approximate surface area is 143 Å². The number of nitrogens with zero attached hydrogens (tertiary/aromatic N) is 2. The van der Waals surface area contributed by atoms with E-state index in [1.165, 1.54) is 0 Å². The van der Waals surface area contributed by atoms with Crippen molar-refractivity contribution in [2.45, 2.75) is 51.0 Å². The molecule has 0 saturated carbocycles. The highest BCUT2D eigenvalue weighted by molar-refractivity contribution is 6.30. The Morgan fingerprint density at radius 2 is 1.87 bits per heavy atom. The minimum atomic E-state index is -0.492. The molecular weight excluding hydrogens is 312 g/mol. The van der Waals surface area contributed by atoms with E-state index in [2.05, 4.69) is 6.07 Å². The van der Waals surface area contributed by atoms with E-state index >= 15 is 0 Å². The van der Waals surface area contributed by atoms with Gasteiger partial charge in [-0.1, -0.05) is 23.7 Å². The van der Waals surface area contributed by atoms with Crippen molar-refractivity contribution in [3.63, 3.8) is 0 Å². The highest BCUT2D eigenvalue weighted by Gasteiger charge is 2.38. The van der Waals surface area contributed by atoms with Gasteiger partial charge in [-0.3, -0.25) is 0 Å². The molecule has 0 radical (unpaired) electrons. The molecule has 1 aromatic carbocycles. The van der Waals surface area contributed by atoms with Crippen molar-refractivity contribution < 1.29 is 9.53 Å². The lowest BCUT2D eigenvalue weighted by Crippen LogP contribution is -2.46. The third-order valence-electron chi connectivity index (χ3n) is 4.25. The van der Waals surface area contributed by atoms with Crippen LogP contribution in [0.5, 0.6) is 0 Å². The van der Waals surface area contributed by atoms with Gasteiger partial charge in [0.05, 0.1) is 6.07 Å². The first kappa shape index (κ1) is 17.6. The minimum absolute atomic E-state index is 0.210. The largest absolute Gasteiger partial charge is 0.444 e. The van der Waals surface area contributed by atoms with Crippen LogP contribution < -0.4 is 0 Å². The third kappa shape index (κ3) is 4.39. The van der Waals surface area contributed by atoms with Gasteiger partial charge in [0.2, 0.25) is 0 Å². The monoisotopic (exact) mass is 334 g/mol. The number of carbonyl (C=O) groups is 1. The summed E-state index contributed by atoms with van der Waals surface area (Å²) in [6.07, 6.45) is 1.67. The van der Waals surface area contributed by atoms with Crippen LogP contribution in [0.15, 0.2) is 24.3 Å². The fourth-order valence-corrected chi connectivity index (χ4v) is 3.09. The van der Waals surface area contributed by atoms with Gasteiger partial charge in [-0.15, -0.1) is 0 Å². The maximum atomic E-state index is 12.2. The summed E-state index contributed by atoms with van der Waals surface area (Å²) < 4.78 is 5.43. The zero-order valence-electron chi connectivity index (χ0n) is 13.9. The van der Waals surface area contributed by atoms with Gasteiger partial charge in [0.1, 0.15) is 5.60 Å². The molecule has 0 aromatic heterocycles. The average molecular weight is 335 g/mol. The molecule has 1 aromatic rings. The first-order chi connectivity index (χ1) is 10.8. The topological polar surface area (TPSA) is 53.3 Å². The number of ether oxygens (including phenoxy) is 1. The molecule has 1 aliphatic rings. The van der Waals surface area contributed by atoms with E-state index in [9.17, 15) is 10.1 Å². The van der Waals surface area contributed by atoms with E-state index in [1.54, 1.807) is 4.90 Å². The summed E-state index contributed by atoms with van der Waals surface area (Å²) in [6, 6.07) is 10.00. The van der Waals surface area contributed by atoms with Gasteiger partial charge in [-0.05, 0) is 51.3 Å². The maximum absolute atomic E-state index is 12.2. The number of nitriles is 1. The number of hydrogen-bond donors (Lipinski definition) is 0. The molecule has 1 heterocycles. The van der Waals surface area contributed by atoms with Crippen molar-refractivity contribution in [3.05, 3.63) is 34.9 Å². The second kappa shape index (κ2) is 6.80. The highest BCUT2D eigenvalue weighted by Crippen LogP contribution is 2.39. The number of carbonyl (C=O) groups excluding carboxylic acids is 1. The van der Waals surface area contributed by atoms with Crippen LogP contribution in [-0.2, 0) is 10.2 Å². The average Bonchev–Trinajstić information content (AvgIpc) is 2.47. The van der Waals surface area contributed by atoms with E-state index in [4.69, 9.17) is 16.3 Å². The van der Waals surface area contributed by atoms with E-state index in [0.29, 0.717) is 24.5 Å². The molecule has 5 heteroatoms. The Kier molecular flexibility index (Phi) is 5.21. The standard InChI is InChI=1S/C18H23ClN2O2/c1-17(2,3)23-16(22)21-12-9-18(8-11-20,10-13-21)14-4-6-15(19)7-5-14/h4-7H,8-10,12-13H2,1-3H3. The summed E-state index contributed by atoms with van der Waals surface area (Å²) in [4.78, 5) is 13.9. The zero-order chi connectivity index (χ0) is 17.1. The molecule has 2 rings (SSSR count).